The fourth-order valence-electron chi connectivity index (χ4n) is 0.893. The molecule has 0 aromatic carbocycles. The fourth-order valence-corrected chi connectivity index (χ4v) is 0.893. The lowest BCUT2D eigenvalue weighted by Gasteiger charge is -1.91. The van der Waals surface area contributed by atoms with E-state index >= 15 is 0 Å². The lowest BCUT2D eigenvalue weighted by Crippen LogP contribution is -1.82. The van der Waals surface area contributed by atoms with Gasteiger partial charge >= 0.3 is 0 Å². The SMILES string of the molecule is [N-]=[N+]=NCCC=Cc1cc(F)ccn1. The molecule has 72 valence electrons. The van der Waals surface area contributed by atoms with Crippen molar-refractivity contribution >= 4 is 6.08 Å². The Balaban J connectivity index is 2.47. The van der Waals surface area contributed by atoms with E-state index in [4.69, 9.17) is 5.53 Å². The zero-order chi connectivity index (χ0) is 10.2. The number of pyridine rings is 1. The summed E-state index contributed by atoms with van der Waals surface area (Å²) in [5, 5.41) is 3.36. The van der Waals surface area contributed by atoms with Crippen molar-refractivity contribution in [2.75, 3.05) is 6.54 Å². The molecule has 5 heteroatoms. The highest BCUT2D eigenvalue weighted by atomic mass is 19.1. The minimum Gasteiger partial charge on any atom is -0.257 e. The smallest absolute Gasteiger partial charge is 0.126 e. The summed E-state index contributed by atoms with van der Waals surface area (Å²) in [5.41, 5.74) is 8.55. The monoisotopic (exact) mass is 192 g/mol. The lowest BCUT2D eigenvalue weighted by atomic mass is 10.3. The van der Waals surface area contributed by atoms with E-state index in [0.717, 1.165) is 0 Å². The van der Waals surface area contributed by atoms with Crippen LogP contribution in [-0.2, 0) is 0 Å². The van der Waals surface area contributed by atoms with E-state index < -0.39 is 0 Å². The highest BCUT2D eigenvalue weighted by Gasteiger charge is 1.90. The number of halogens is 1. The maximum absolute atomic E-state index is 12.7. The van der Waals surface area contributed by atoms with Crippen molar-refractivity contribution in [2.24, 2.45) is 5.11 Å². The molecule has 1 heterocycles. The Kier molecular flexibility index (Phi) is 4.17. The molecule has 0 N–H and O–H groups in total. The van der Waals surface area contributed by atoms with E-state index in [0.29, 0.717) is 18.7 Å². The normalized spacial score (nSPS) is 10.1. The second-order valence-electron chi connectivity index (χ2n) is 2.54. The van der Waals surface area contributed by atoms with E-state index in [9.17, 15) is 4.39 Å². The minimum atomic E-state index is -0.310. The summed E-state index contributed by atoms with van der Waals surface area (Å²) in [6.45, 7) is 0.405. The van der Waals surface area contributed by atoms with Crippen LogP contribution in [0, 0.1) is 5.82 Å². The van der Waals surface area contributed by atoms with Crippen LogP contribution in [0.2, 0.25) is 0 Å². The van der Waals surface area contributed by atoms with Gasteiger partial charge in [0.15, 0.2) is 0 Å². The zero-order valence-corrected chi connectivity index (χ0v) is 7.47. The number of hydrogen-bond acceptors (Lipinski definition) is 2. The summed E-state index contributed by atoms with van der Waals surface area (Å²) in [7, 11) is 0. The molecular weight excluding hydrogens is 183 g/mol. The quantitative estimate of drug-likeness (QED) is 0.313. The predicted octanol–water partition coefficient (Wildman–Crippen LogP) is 2.93. The largest absolute Gasteiger partial charge is 0.257 e. The van der Waals surface area contributed by atoms with Gasteiger partial charge in [0.05, 0.1) is 5.69 Å². The fraction of sp³-hybridized carbons (Fsp3) is 0.222. The second kappa shape index (κ2) is 5.72. The van der Waals surface area contributed by atoms with Crippen LogP contribution in [0.25, 0.3) is 16.5 Å². The number of hydrogen-bond donors (Lipinski definition) is 0. The summed E-state index contributed by atoms with van der Waals surface area (Å²) >= 11 is 0. The van der Waals surface area contributed by atoms with Crippen LogP contribution in [0.5, 0.6) is 0 Å². The molecule has 1 aromatic rings. The molecule has 0 aliphatic carbocycles. The highest BCUT2D eigenvalue weighted by Crippen LogP contribution is 2.02. The van der Waals surface area contributed by atoms with Crippen LogP contribution >= 0.6 is 0 Å². The number of nitrogens with zero attached hydrogens (tertiary/aromatic N) is 4. The number of azide groups is 1. The van der Waals surface area contributed by atoms with E-state index in [-0.39, 0.29) is 5.82 Å². The zero-order valence-electron chi connectivity index (χ0n) is 7.47. The van der Waals surface area contributed by atoms with Crippen LogP contribution in [0.1, 0.15) is 12.1 Å². The number of aromatic nitrogens is 1. The molecule has 0 unspecified atom stereocenters. The molecule has 0 aliphatic rings. The Hall–Kier alpha value is -1.87. The molecule has 0 aliphatic heterocycles. The summed E-state index contributed by atoms with van der Waals surface area (Å²) in [6, 6.07) is 2.63. The molecule has 0 radical (unpaired) electrons. The molecule has 0 spiro atoms. The van der Waals surface area contributed by atoms with Gasteiger partial charge in [0.1, 0.15) is 5.82 Å². The van der Waals surface area contributed by atoms with Crippen LogP contribution in [0.4, 0.5) is 4.39 Å². The molecule has 0 bridgehead atoms. The van der Waals surface area contributed by atoms with Crippen molar-refractivity contribution in [1.29, 1.82) is 0 Å². The maximum Gasteiger partial charge on any atom is 0.126 e. The average molecular weight is 192 g/mol. The Morgan fingerprint density at radius 1 is 1.64 bits per heavy atom. The van der Waals surface area contributed by atoms with E-state index in [1.54, 1.807) is 12.2 Å². The van der Waals surface area contributed by atoms with Gasteiger partial charge in [-0.05, 0) is 30.2 Å². The molecule has 0 atom stereocenters. The third-order valence-electron chi connectivity index (χ3n) is 1.49. The highest BCUT2D eigenvalue weighted by molar-refractivity contribution is 5.43. The molecule has 0 amide bonds. The lowest BCUT2D eigenvalue weighted by molar-refractivity contribution is 0.625. The summed E-state index contributed by atoms with van der Waals surface area (Å²) in [6.07, 6.45) is 5.51. The van der Waals surface area contributed by atoms with Crippen molar-refractivity contribution in [3.05, 3.63) is 46.4 Å². The third kappa shape index (κ3) is 3.69. The van der Waals surface area contributed by atoms with Gasteiger partial charge in [0, 0.05) is 17.7 Å². The first kappa shape index (κ1) is 10.2. The van der Waals surface area contributed by atoms with E-state index in [2.05, 4.69) is 15.0 Å². The summed E-state index contributed by atoms with van der Waals surface area (Å²) in [5.74, 6) is -0.310. The van der Waals surface area contributed by atoms with Crippen molar-refractivity contribution in [3.8, 4) is 0 Å². The van der Waals surface area contributed by atoms with Gasteiger partial charge in [-0.1, -0.05) is 11.2 Å². The van der Waals surface area contributed by atoms with Crippen LogP contribution in [0.15, 0.2) is 29.5 Å². The van der Waals surface area contributed by atoms with Gasteiger partial charge in [-0.2, -0.15) is 0 Å². The van der Waals surface area contributed by atoms with Crippen LogP contribution < -0.4 is 0 Å². The maximum atomic E-state index is 12.7. The van der Waals surface area contributed by atoms with Crippen molar-refractivity contribution < 1.29 is 4.39 Å². The number of rotatable bonds is 4. The first-order valence-corrected chi connectivity index (χ1v) is 4.12. The molecule has 1 aromatic heterocycles. The van der Waals surface area contributed by atoms with E-state index in [1.807, 2.05) is 0 Å². The minimum absolute atomic E-state index is 0.310. The predicted molar refractivity (Wildman–Crippen MR) is 51.9 cm³/mol. The molecular formula is C9H9FN4. The van der Waals surface area contributed by atoms with Gasteiger partial charge in [-0.3, -0.25) is 4.98 Å². The third-order valence-corrected chi connectivity index (χ3v) is 1.49. The Morgan fingerprint density at radius 3 is 3.21 bits per heavy atom. The molecule has 14 heavy (non-hydrogen) atoms. The molecule has 0 fully saturated rings. The molecule has 0 saturated heterocycles. The topological polar surface area (TPSA) is 61.7 Å². The van der Waals surface area contributed by atoms with Gasteiger partial charge in [0.25, 0.3) is 0 Å². The van der Waals surface area contributed by atoms with Gasteiger partial charge in [-0.25, -0.2) is 4.39 Å². The van der Waals surface area contributed by atoms with Gasteiger partial charge < -0.3 is 0 Å². The van der Waals surface area contributed by atoms with E-state index in [1.165, 1.54) is 18.3 Å². The first-order chi connectivity index (χ1) is 6.83. The summed E-state index contributed by atoms with van der Waals surface area (Å²) < 4.78 is 12.7. The average Bonchev–Trinajstić information content (AvgIpc) is 2.18. The van der Waals surface area contributed by atoms with Crippen LogP contribution in [0.3, 0.4) is 0 Å². The molecule has 4 nitrogen and oxygen atoms in total. The van der Waals surface area contributed by atoms with Gasteiger partial charge in [-0.15, -0.1) is 0 Å². The second-order valence-corrected chi connectivity index (χ2v) is 2.54. The van der Waals surface area contributed by atoms with Crippen molar-refractivity contribution in [3.63, 3.8) is 0 Å². The van der Waals surface area contributed by atoms with Crippen LogP contribution in [-0.4, -0.2) is 11.5 Å². The Morgan fingerprint density at radius 2 is 2.50 bits per heavy atom. The first-order valence-electron chi connectivity index (χ1n) is 4.12. The van der Waals surface area contributed by atoms with Crippen molar-refractivity contribution in [2.45, 2.75) is 6.42 Å². The Bertz CT molecular complexity index is 369. The van der Waals surface area contributed by atoms with Gasteiger partial charge in [0.2, 0.25) is 0 Å². The van der Waals surface area contributed by atoms with Crippen molar-refractivity contribution in [1.82, 2.24) is 4.98 Å². The molecule has 1 rings (SSSR count). The molecule has 0 saturated carbocycles. The standard InChI is InChI=1S/C9H9FN4/c10-8-4-6-12-9(7-8)3-1-2-5-13-14-11/h1,3-4,6-7H,2,5H2. The Labute approximate surface area is 80.7 Å². The summed E-state index contributed by atoms with van der Waals surface area (Å²) in [4.78, 5) is 6.54.